The standard InChI is InChI=1S/C19H26ClN5O.ClH/c20-16-2-3-18-22-17(14-25(18)12-16)13-23-8-1-9-24(11-10-23)19(26)15-4-6-21-7-5-15;/h2-3,12,14-15,21H,1,4-11,13H2;1H. The van der Waals surface area contributed by atoms with Crippen LogP contribution in [0.1, 0.15) is 25.0 Å². The second kappa shape index (κ2) is 9.24. The zero-order valence-corrected chi connectivity index (χ0v) is 17.0. The molecule has 0 unspecified atom stereocenters. The molecule has 8 heteroatoms. The maximum Gasteiger partial charge on any atom is 0.225 e. The lowest BCUT2D eigenvalue weighted by atomic mass is 9.96. The molecule has 4 rings (SSSR count). The normalized spacial score (nSPS) is 19.7. The van der Waals surface area contributed by atoms with Crippen LogP contribution < -0.4 is 5.32 Å². The average Bonchev–Trinajstić information content (AvgIpc) is 2.90. The number of nitrogens with zero attached hydrogens (tertiary/aromatic N) is 4. The maximum absolute atomic E-state index is 12.8. The highest BCUT2D eigenvalue weighted by molar-refractivity contribution is 6.30. The molecule has 2 fully saturated rings. The van der Waals surface area contributed by atoms with Crippen LogP contribution in [0.2, 0.25) is 5.02 Å². The number of pyridine rings is 1. The SMILES string of the molecule is Cl.O=C(C1CCNCC1)N1CCCN(Cc2cn3cc(Cl)ccc3n2)CC1. The Kier molecular flexibility index (Phi) is 6.98. The fourth-order valence-electron chi connectivity index (χ4n) is 4.00. The minimum atomic E-state index is 0. The topological polar surface area (TPSA) is 52.9 Å². The molecule has 2 aromatic rings. The fraction of sp³-hybridized carbons (Fsp3) is 0.579. The number of aromatic nitrogens is 2. The molecule has 1 amide bonds. The van der Waals surface area contributed by atoms with Gasteiger partial charge in [0.05, 0.1) is 10.7 Å². The van der Waals surface area contributed by atoms with Gasteiger partial charge in [-0.1, -0.05) is 11.6 Å². The van der Waals surface area contributed by atoms with Crippen molar-refractivity contribution in [2.45, 2.75) is 25.8 Å². The first-order valence-electron chi connectivity index (χ1n) is 9.54. The number of hydrogen-bond donors (Lipinski definition) is 1. The number of imidazole rings is 1. The molecule has 6 nitrogen and oxygen atoms in total. The smallest absolute Gasteiger partial charge is 0.225 e. The maximum atomic E-state index is 12.8. The molecule has 2 aliphatic rings. The van der Waals surface area contributed by atoms with Crippen LogP contribution in [0.25, 0.3) is 5.65 Å². The van der Waals surface area contributed by atoms with Gasteiger partial charge in [-0.3, -0.25) is 9.69 Å². The van der Waals surface area contributed by atoms with Gasteiger partial charge in [-0.05, 0) is 44.5 Å². The molecular weight excluding hydrogens is 385 g/mol. The Labute approximate surface area is 171 Å². The van der Waals surface area contributed by atoms with E-state index in [-0.39, 0.29) is 18.3 Å². The minimum absolute atomic E-state index is 0. The molecule has 1 N–H and O–H groups in total. The Hall–Kier alpha value is -1.34. The van der Waals surface area contributed by atoms with Crippen LogP contribution in [-0.4, -0.2) is 64.4 Å². The summed E-state index contributed by atoms with van der Waals surface area (Å²) in [6, 6.07) is 3.80. The molecule has 0 aromatic carbocycles. The molecule has 0 aliphatic carbocycles. The van der Waals surface area contributed by atoms with Gasteiger partial charge in [0.1, 0.15) is 5.65 Å². The first kappa shape index (κ1) is 20.4. The highest BCUT2D eigenvalue weighted by Gasteiger charge is 2.27. The summed E-state index contributed by atoms with van der Waals surface area (Å²) in [5.41, 5.74) is 1.97. The molecule has 0 radical (unpaired) electrons. The molecule has 0 atom stereocenters. The molecular formula is C19H27Cl2N5O. The lowest BCUT2D eigenvalue weighted by Crippen LogP contribution is -2.42. The number of carbonyl (C=O) groups is 1. The van der Waals surface area contributed by atoms with Crippen LogP contribution >= 0.6 is 24.0 Å². The van der Waals surface area contributed by atoms with Crippen LogP contribution in [0.3, 0.4) is 0 Å². The van der Waals surface area contributed by atoms with E-state index in [0.717, 1.165) is 76.4 Å². The Morgan fingerprint density at radius 1 is 1.15 bits per heavy atom. The van der Waals surface area contributed by atoms with E-state index >= 15 is 0 Å². The second-order valence-electron chi connectivity index (χ2n) is 7.32. The van der Waals surface area contributed by atoms with Gasteiger partial charge in [0.2, 0.25) is 5.91 Å². The summed E-state index contributed by atoms with van der Waals surface area (Å²) in [5, 5.41) is 4.05. The van der Waals surface area contributed by atoms with Crippen LogP contribution in [0.15, 0.2) is 24.5 Å². The third kappa shape index (κ3) is 4.93. The molecule has 0 saturated carbocycles. The third-order valence-corrected chi connectivity index (χ3v) is 5.66. The Morgan fingerprint density at radius 3 is 2.78 bits per heavy atom. The monoisotopic (exact) mass is 411 g/mol. The molecule has 0 spiro atoms. The number of carbonyl (C=O) groups excluding carboxylic acids is 1. The van der Waals surface area contributed by atoms with Crippen molar-refractivity contribution in [3.63, 3.8) is 0 Å². The van der Waals surface area contributed by atoms with Gasteiger partial charge in [0.15, 0.2) is 0 Å². The van der Waals surface area contributed by atoms with E-state index in [1.54, 1.807) is 0 Å². The van der Waals surface area contributed by atoms with Crippen LogP contribution in [-0.2, 0) is 11.3 Å². The highest BCUT2D eigenvalue weighted by Crippen LogP contribution is 2.18. The lowest BCUT2D eigenvalue weighted by molar-refractivity contribution is -0.136. The van der Waals surface area contributed by atoms with E-state index in [0.29, 0.717) is 10.9 Å². The van der Waals surface area contributed by atoms with Crippen molar-refractivity contribution in [1.29, 1.82) is 0 Å². The minimum Gasteiger partial charge on any atom is -0.341 e. The Bertz CT molecular complexity index is 775. The van der Waals surface area contributed by atoms with E-state index in [2.05, 4.69) is 20.1 Å². The number of fused-ring (bicyclic) bond motifs is 1. The molecule has 2 aromatic heterocycles. The van der Waals surface area contributed by atoms with Gasteiger partial charge in [0.25, 0.3) is 0 Å². The van der Waals surface area contributed by atoms with Crippen LogP contribution in [0.4, 0.5) is 0 Å². The van der Waals surface area contributed by atoms with E-state index in [4.69, 9.17) is 11.6 Å². The van der Waals surface area contributed by atoms with E-state index in [1.807, 2.05) is 28.9 Å². The van der Waals surface area contributed by atoms with Gasteiger partial charge in [-0.25, -0.2) is 4.98 Å². The zero-order valence-electron chi connectivity index (χ0n) is 15.4. The summed E-state index contributed by atoms with van der Waals surface area (Å²) < 4.78 is 1.97. The van der Waals surface area contributed by atoms with Crippen molar-refractivity contribution in [3.05, 3.63) is 35.2 Å². The molecule has 148 valence electrons. The number of nitrogens with one attached hydrogen (secondary N) is 1. The third-order valence-electron chi connectivity index (χ3n) is 5.44. The van der Waals surface area contributed by atoms with E-state index < -0.39 is 0 Å². The predicted octanol–water partition coefficient (Wildman–Crippen LogP) is 2.44. The van der Waals surface area contributed by atoms with Gasteiger partial charge < -0.3 is 14.6 Å². The average molecular weight is 412 g/mol. The number of piperidine rings is 1. The summed E-state index contributed by atoms with van der Waals surface area (Å²) in [4.78, 5) is 21.9. The van der Waals surface area contributed by atoms with E-state index in [1.165, 1.54) is 0 Å². The number of halogens is 2. The van der Waals surface area contributed by atoms with Crippen molar-refractivity contribution < 1.29 is 4.79 Å². The Morgan fingerprint density at radius 2 is 1.96 bits per heavy atom. The molecule has 0 bridgehead atoms. The van der Waals surface area contributed by atoms with Crippen molar-refractivity contribution >= 4 is 35.6 Å². The number of rotatable bonds is 3. The lowest BCUT2D eigenvalue weighted by Gasteiger charge is -2.28. The van der Waals surface area contributed by atoms with Gasteiger partial charge in [-0.2, -0.15) is 0 Å². The molecule has 2 saturated heterocycles. The fourth-order valence-corrected chi connectivity index (χ4v) is 4.17. The molecule has 2 aliphatic heterocycles. The molecule has 27 heavy (non-hydrogen) atoms. The van der Waals surface area contributed by atoms with Gasteiger partial charge in [-0.15, -0.1) is 12.4 Å². The second-order valence-corrected chi connectivity index (χ2v) is 7.76. The summed E-state index contributed by atoms with van der Waals surface area (Å²) in [5.74, 6) is 0.571. The zero-order chi connectivity index (χ0) is 17.9. The van der Waals surface area contributed by atoms with Crippen LogP contribution in [0.5, 0.6) is 0 Å². The van der Waals surface area contributed by atoms with E-state index in [9.17, 15) is 4.79 Å². The van der Waals surface area contributed by atoms with Crippen molar-refractivity contribution in [3.8, 4) is 0 Å². The molecule has 4 heterocycles. The van der Waals surface area contributed by atoms with Crippen molar-refractivity contribution in [1.82, 2.24) is 24.5 Å². The predicted molar refractivity (Wildman–Crippen MR) is 110 cm³/mol. The number of amides is 1. The quantitative estimate of drug-likeness (QED) is 0.842. The Balaban J connectivity index is 0.00000210. The first-order chi connectivity index (χ1) is 12.7. The number of hydrogen-bond acceptors (Lipinski definition) is 4. The largest absolute Gasteiger partial charge is 0.341 e. The van der Waals surface area contributed by atoms with Crippen molar-refractivity contribution in [2.75, 3.05) is 39.3 Å². The summed E-state index contributed by atoms with van der Waals surface area (Å²) >= 11 is 6.05. The summed E-state index contributed by atoms with van der Waals surface area (Å²) in [6.45, 7) is 6.36. The summed E-state index contributed by atoms with van der Waals surface area (Å²) in [7, 11) is 0. The van der Waals surface area contributed by atoms with Gasteiger partial charge in [0, 0.05) is 51.0 Å². The van der Waals surface area contributed by atoms with Crippen LogP contribution in [0, 0.1) is 5.92 Å². The first-order valence-corrected chi connectivity index (χ1v) is 9.92. The summed E-state index contributed by atoms with van der Waals surface area (Å²) in [6.07, 6.45) is 6.90. The van der Waals surface area contributed by atoms with Gasteiger partial charge >= 0.3 is 0 Å². The highest BCUT2D eigenvalue weighted by atomic mass is 35.5. The van der Waals surface area contributed by atoms with Crippen molar-refractivity contribution in [2.24, 2.45) is 5.92 Å².